The topological polar surface area (TPSA) is 167 Å². The molecule has 2 heterocycles. The second-order valence-electron chi connectivity index (χ2n) is 6.91. The minimum Gasteiger partial charge on any atom is -0.507 e. The van der Waals surface area contributed by atoms with Gasteiger partial charge in [-0.05, 0) is 24.3 Å². The lowest BCUT2D eigenvalue weighted by atomic mass is 10.0. The van der Waals surface area contributed by atoms with Crippen LogP contribution >= 0.6 is 11.8 Å². The van der Waals surface area contributed by atoms with Gasteiger partial charge in [0.2, 0.25) is 11.9 Å². The molecule has 0 spiro atoms. The van der Waals surface area contributed by atoms with Crippen molar-refractivity contribution in [1.82, 2.24) is 30.3 Å². The number of esters is 1. The fourth-order valence-electron chi connectivity index (χ4n) is 3.14. The number of benzene rings is 1. The number of nitrogens with zero attached hydrogens (tertiary/aromatic N) is 6. The van der Waals surface area contributed by atoms with E-state index in [1.54, 1.807) is 13.8 Å². The molecule has 0 aliphatic carbocycles. The molecule has 176 valence electrons. The number of methoxy groups -OCH3 is 2. The summed E-state index contributed by atoms with van der Waals surface area (Å²) in [6.45, 7) is 4.72. The molecule has 0 aliphatic rings. The Morgan fingerprint density at radius 1 is 1.33 bits per heavy atom. The molecule has 0 aliphatic heterocycles. The van der Waals surface area contributed by atoms with E-state index in [2.05, 4.69) is 31.0 Å². The Bertz CT molecular complexity index is 1160. The Labute approximate surface area is 192 Å². The van der Waals surface area contributed by atoms with Crippen LogP contribution in [0, 0.1) is 13.8 Å². The van der Waals surface area contributed by atoms with E-state index in [1.807, 2.05) is 0 Å². The van der Waals surface area contributed by atoms with E-state index in [0.717, 1.165) is 0 Å². The smallest absolute Gasteiger partial charge is 0.338 e. The number of nitrogens with one attached hydrogen (secondary N) is 1. The molecule has 1 atom stereocenters. The molecule has 13 nitrogen and oxygen atoms in total. The van der Waals surface area contributed by atoms with E-state index in [9.17, 15) is 14.7 Å². The van der Waals surface area contributed by atoms with Crippen LogP contribution in [-0.4, -0.2) is 67.3 Å². The van der Waals surface area contributed by atoms with Gasteiger partial charge in [-0.1, -0.05) is 10.3 Å². The maximum absolute atomic E-state index is 12.4. The monoisotopic (exact) mass is 477 g/mol. The van der Waals surface area contributed by atoms with E-state index in [1.165, 1.54) is 43.7 Å². The first-order valence-electron chi connectivity index (χ1n) is 9.67. The van der Waals surface area contributed by atoms with Gasteiger partial charge in [-0.25, -0.2) is 4.79 Å². The van der Waals surface area contributed by atoms with Crippen molar-refractivity contribution in [2.45, 2.75) is 32.6 Å². The number of hydrogen-bond donors (Lipinski definition) is 2. The zero-order valence-corrected chi connectivity index (χ0v) is 19.5. The lowest BCUT2D eigenvalue weighted by Gasteiger charge is -2.17. The van der Waals surface area contributed by atoms with Crippen LogP contribution in [0.3, 0.4) is 0 Å². The number of phenols is 1. The Balaban J connectivity index is 1.90. The summed E-state index contributed by atoms with van der Waals surface area (Å²) >= 11 is 1.36. The quantitative estimate of drug-likeness (QED) is 0.428. The van der Waals surface area contributed by atoms with Gasteiger partial charge >= 0.3 is 5.97 Å². The standard InChI is InChI=1S/C19H23N7O6S/c1-9-15(30-4)6-14(28)12(16(9)18(29)31-5)7-33-8-13(17-20-10(2)23-32-17)26-19(21-11(3)27)22-24-25-26/h6,13,28H,7-8H2,1-5H3,(H,21,22,25,27)/t13-/m0/s1. The van der Waals surface area contributed by atoms with E-state index >= 15 is 0 Å². The number of carbonyl (C=O) groups is 2. The number of carbonyl (C=O) groups excluding carboxylic acids is 2. The first-order valence-corrected chi connectivity index (χ1v) is 10.8. The van der Waals surface area contributed by atoms with Gasteiger partial charge in [0, 0.05) is 35.6 Å². The summed E-state index contributed by atoms with van der Waals surface area (Å²) in [6.07, 6.45) is 0. The van der Waals surface area contributed by atoms with E-state index in [4.69, 9.17) is 14.0 Å². The molecular weight excluding hydrogens is 454 g/mol. The fraction of sp³-hybridized carbons (Fsp3) is 0.421. The van der Waals surface area contributed by atoms with Gasteiger partial charge in [0.1, 0.15) is 17.5 Å². The number of thioether (sulfide) groups is 1. The Morgan fingerprint density at radius 3 is 2.70 bits per heavy atom. The fourth-order valence-corrected chi connectivity index (χ4v) is 4.27. The number of aromatic nitrogens is 6. The predicted octanol–water partition coefficient (Wildman–Crippen LogP) is 1.65. The summed E-state index contributed by atoms with van der Waals surface area (Å²) in [4.78, 5) is 28.2. The molecule has 0 unspecified atom stereocenters. The lowest BCUT2D eigenvalue weighted by molar-refractivity contribution is -0.114. The summed E-state index contributed by atoms with van der Waals surface area (Å²) in [7, 11) is 2.72. The number of phenolic OH excluding ortho intramolecular Hbond substituents is 1. The van der Waals surface area contributed by atoms with Crippen molar-refractivity contribution in [2.24, 2.45) is 0 Å². The number of amides is 1. The number of tetrazole rings is 1. The van der Waals surface area contributed by atoms with Gasteiger partial charge in [0.15, 0.2) is 5.82 Å². The first kappa shape index (κ1) is 24.0. The molecule has 1 aromatic carbocycles. The molecule has 2 N–H and O–H groups in total. The third-order valence-corrected chi connectivity index (χ3v) is 5.70. The highest BCUT2D eigenvalue weighted by Crippen LogP contribution is 2.36. The van der Waals surface area contributed by atoms with Crippen LogP contribution in [0.5, 0.6) is 11.5 Å². The van der Waals surface area contributed by atoms with Crippen molar-refractivity contribution in [3.8, 4) is 11.5 Å². The van der Waals surface area contributed by atoms with Crippen molar-refractivity contribution in [1.29, 1.82) is 0 Å². The van der Waals surface area contributed by atoms with Gasteiger partial charge in [-0.2, -0.15) is 21.4 Å². The molecule has 14 heteroatoms. The minimum atomic E-state index is -0.629. The Kier molecular flexibility index (Phi) is 7.48. The predicted molar refractivity (Wildman–Crippen MR) is 116 cm³/mol. The van der Waals surface area contributed by atoms with Crippen molar-refractivity contribution in [3.05, 3.63) is 34.5 Å². The lowest BCUT2D eigenvalue weighted by Crippen LogP contribution is -2.20. The zero-order valence-electron chi connectivity index (χ0n) is 18.6. The third kappa shape index (κ3) is 5.22. The highest BCUT2D eigenvalue weighted by molar-refractivity contribution is 7.98. The van der Waals surface area contributed by atoms with Gasteiger partial charge in [-0.15, -0.1) is 0 Å². The second-order valence-corrected chi connectivity index (χ2v) is 7.94. The minimum absolute atomic E-state index is 0.100. The third-order valence-electron chi connectivity index (χ3n) is 4.66. The maximum Gasteiger partial charge on any atom is 0.338 e. The maximum atomic E-state index is 12.4. The summed E-state index contributed by atoms with van der Waals surface area (Å²) in [6, 6.07) is 0.823. The number of rotatable bonds is 9. The van der Waals surface area contributed by atoms with Crippen molar-refractivity contribution in [2.75, 3.05) is 25.3 Å². The highest BCUT2D eigenvalue weighted by Gasteiger charge is 2.27. The molecule has 0 radical (unpaired) electrons. The van der Waals surface area contributed by atoms with Gasteiger partial charge in [0.05, 0.1) is 19.8 Å². The molecule has 0 bridgehead atoms. The van der Waals surface area contributed by atoms with Gasteiger partial charge < -0.3 is 19.1 Å². The summed E-state index contributed by atoms with van der Waals surface area (Å²) in [5, 5.41) is 28.3. The highest BCUT2D eigenvalue weighted by atomic mass is 32.2. The average molecular weight is 478 g/mol. The second kappa shape index (κ2) is 10.3. The molecule has 3 rings (SSSR count). The van der Waals surface area contributed by atoms with Gasteiger partial charge in [-0.3, -0.25) is 10.1 Å². The summed E-state index contributed by atoms with van der Waals surface area (Å²) in [5.41, 5.74) is 1.17. The molecular formula is C19H23N7O6S. The van der Waals surface area contributed by atoms with Crippen molar-refractivity contribution < 1.29 is 28.7 Å². The van der Waals surface area contributed by atoms with E-state index in [-0.39, 0.29) is 34.8 Å². The molecule has 0 fully saturated rings. The van der Waals surface area contributed by atoms with Crippen LogP contribution < -0.4 is 10.1 Å². The Morgan fingerprint density at radius 2 is 2.09 bits per heavy atom. The van der Waals surface area contributed by atoms with E-state index in [0.29, 0.717) is 28.5 Å². The van der Waals surface area contributed by atoms with Gasteiger partial charge in [0.25, 0.3) is 5.89 Å². The largest absolute Gasteiger partial charge is 0.507 e. The van der Waals surface area contributed by atoms with Crippen molar-refractivity contribution >= 4 is 29.6 Å². The van der Waals surface area contributed by atoms with E-state index < -0.39 is 12.0 Å². The number of hydrogen-bond acceptors (Lipinski definition) is 12. The molecule has 3 aromatic rings. The number of aryl methyl sites for hydroxylation is 1. The van der Waals surface area contributed by atoms with Crippen LogP contribution in [0.2, 0.25) is 0 Å². The van der Waals surface area contributed by atoms with Crippen LogP contribution in [0.4, 0.5) is 5.95 Å². The molecule has 33 heavy (non-hydrogen) atoms. The van der Waals surface area contributed by atoms with Crippen LogP contribution in [0.25, 0.3) is 0 Å². The number of aromatic hydroxyl groups is 1. The van der Waals surface area contributed by atoms with Crippen molar-refractivity contribution in [3.63, 3.8) is 0 Å². The summed E-state index contributed by atoms with van der Waals surface area (Å²) in [5.74, 6) is 0.656. The normalized spacial score (nSPS) is 11.8. The number of ether oxygens (including phenoxy) is 2. The first-order chi connectivity index (χ1) is 15.8. The summed E-state index contributed by atoms with van der Waals surface area (Å²) < 4.78 is 16.8. The molecule has 0 saturated heterocycles. The Hall–Kier alpha value is -3.68. The van der Waals surface area contributed by atoms with Crippen LogP contribution in [-0.2, 0) is 15.3 Å². The number of anilines is 1. The average Bonchev–Trinajstić information content (AvgIpc) is 3.41. The SMILES string of the molecule is COC(=O)c1c(C)c(OC)cc(O)c1CSC[C@@H](c1nc(C)no1)n1nnnc1NC(C)=O. The van der Waals surface area contributed by atoms with Crippen LogP contribution in [0.1, 0.15) is 46.2 Å². The zero-order chi connectivity index (χ0) is 24.1. The molecule has 2 aromatic heterocycles. The molecule has 0 saturated carbocycles. The van der Waals surface area contributed by atoms with Crippen LogP contribution in [0.15, 0.2) is 10.6 Å². The molecule has 1 amide bonds.